The van der Waals surface area contributed by atoms with Gasteiger partial charge in [0.2, 0.25) is 0 Å². The molecule has 1 rings (SSSR count). The SMILES string of the molecule is C=CCNC(=O)NC1(C(=O)O)CCC(C)CC1. The summed E-state index contributed by atoms with van der Waals surface area (Å²) >= 11 is 0. The number of carboxylic acids is 1. The minimum Gasteiger partial charge on any atom is -0.480 e. The highest BCUT2D eigenvalue weighted by Crippen LogP contribution is 2.32. The summed E-state index contributed by atoms with van der Waals surface area (Å²) in [7, 11) is 0. The summed E-state index contributed by atoms with van der Waals surface area (Å²) in [5.74, 6) is -0.418. The third-order valence-electron chi connectivity index (χ3n) is 3.30. The summed E-state index contributed by atoms with van der Waals surface area (Å²) in [5, 5.41) is 14.4. The van der Waals surface area contributed by atoms with Gasteiger partial charge in [-0.05, 0) is 31.6 Å². The van der Waals surface area contributed by atoms with E-state index in [0.717, 1.165) is 12.8 Å². The number of nitrogens with one attached hydrogen (secondary N) is 2. The van der Waals surface area contributed by atoms with E-state index in [-0.39, 0.29) is 0 Å². The number of rotatable bonds is 4. The number of urea groups is 1. The molecule has 0 heterocycles. The molecular weight excluding hydrogens is 220 g/mol. The van der Waals surface area contributed by atoms with Gasteiger partial charge in [-0.25, -0.2) is 9.59 Å². The maximum atomic E-state index is 11.5. The number of hydrogen-bond acceptors (Lipinski definition) is 2. The first-order valence-electron chi connectivity index (χ1n) is 5.90. The lowest BCUT2D eigenvalue weighted by Gasteiger charge is -2.36. The second kappa shape index (κ2) is 5.70. The summed E-state index contributed by atoms with van der Waals surface area (Å²) in [6, 6.07) is -0.443. The lowest BCUT2D eigenvalue weighted by molar-refractivity contribution is -0.146. The Morgan fingerprint density at radius 3 is 2.53 bits per heavy atom. The molecule has 1 fully saturated rings. The number of hydrogen-bond donors (Lipinski definition) is 3. The Kier molecular flexibility index (Phi) is 4.54. The summed E-state index contributed by atoms with van der Waals surface area (Å²) in [6.07, 6.45) is 4.19. The van der Waals surface area contributed by atoms with Crippen LogP contribution in [0.4, 0.5) is 4.79 Å². The van der Waals surface area contributed by atoms with Gasteiger partial charge >= 0.3 is 12.0 Å². The van der Waals surface area contributed by atoms with Crippen molar-refractivity contribution in [2.45, 2.75) is 38.1 Å². The normalized spacial score (nSPS) is 28.2. The van der Waals surface area contributed by atoms with Crippen LogP contribution in [0, 0.1) is 5.92 Å². The van der Waals surface area contributed by atoms with Gasteiger partial charge in [0.25, 0.3) is 0 Å². The van der Waals surface area contributed by atoms with E-state index in [1.807, 2.05) is 0 Å². The highest BCUT2D eigenvalue weighted by Gasteiger charge is 2.42. The van der Waals surface area contributed by atoms with Gasteiger partial charge in [-0.3, -0.25) is 0 Å². The number of carbonyl (C=O) groups is 2. The second-order valence-electron chi connectivity index (χ2n) is 4.69. The highest BCUT2D eigenvalue weighted by atomic mass is 16.4. The number of carbonyl (C=O) groups excluding carboxylic acids is 1. The fourth-order valence-electron chi connectivity index (χ4n) is 2.07. The molecule has 3 N–H and O–H groups in total. The van der Waals surface area contributed by atoms with Crippen molar-refractivity contribution in [3.63, 3.8) is 0 Å². The van der Waals surface area contributed by atoms with Gasteiger partial charge in [-0.15, -0.1) is 6.58 Å². The second-order valence-corrected chi connectivity index (χ2v) is 4.69. The molecule has 0 atom stereocenters. The zero-order valence-corrected chi connectivity index (χ0v) is 10.2. The third kappa shape index (κ3) is 3.47. The zero-order chi connectivity index (χ0) is 12.9. The fourth-order valence-corrected chi connectivity index (χ4v) is 2.07. The lowest BCUT2D eigenvalue weighted by atomic mass is 9.77. The van der Waals surface area contributed by atoms with Gasteiger partial charge in [0, 0.05) is 6.54 Å². The molecule has 1 aliphatic carbocycles. The van der Waals surface area contributed by atoms with Gasteiger partial charge in [0.1, 0.15) is 5.54 Å². The van der Waals surface area contributed by atoms with E-state index < -0.39 is 17.5 Å². The Morgan fingerprint density at radius 2 is 2.06 bits per heavy atom. The largest absolute Gasteiger partial charge is 0.480 e. The van der Waals surface area contributed by atoms with Crippen molar-refractivity contribution >= 4 is 12.0 Å². The van der Waals surface area contributed by atoms with E-state index in [0.29, 0.717) is 25.3 Å². The first-order valence-corrected chi connectivity index (χ1v) is 5.90. The molecule has 0 bridgehead atoms. The van der Waals surface area contributed by atoms with Crippen LogP contribution in [-0.2, 0) is 4.79 Å². The number of aliphatic carboxylic acids is 1. The molecule has 17 heavy (non-hydrogen) atoms. The van der Waals surface area contributed by atoms with E-state index in [4.69, 9.17) is 0 Å². The zero-order valence-electron chi connectivity index (χ0n) is 10.2. The molecule has 0 radical (unpaired) electrons. The Labute approximate surface area is 101 Å². The first kappa shape index (κ1) is 13.5. The van der Waals surface area contributed by atoms with Crippen molar-refractivity contribution in [3.05, 3.63) is 12.7 Å². The molecular formula is C12H20N2O3. The quantitative estimate of drug-likeness (QED) is 0.652. The van der Waals surface area contributed by atoms with Crippen LogP contribution >= 0.6 is 0 Å². The fraction of sp³-hybridized carbons (Fsp3) is 0.667. The van der Waals surface area contributed by atoms with Crippen LogP contribution in [0.2, 0.25) is 0 Å². The van der Waals surface area contributed by atoms with Crippen LogP contribution < -0.4 is 10.6 Å². The average molecular weight is 240 g/mol. The van der Waals surface area contributed by atoms with Crippen LogP contribution in [0.15, 0.2) is 12.7 Å². The molecule has 0 saturated heterocycles. The van der Waals surface area contributed by atoms with Gasteiger partial charge in [0.05, 0.1) is 0 Å². The van der Waals surface area contributed by atoms with E-state index in [9.17, 15) is 14.7 Å². The standard InChI is InChI=1S/C12H20N2O3/c1-3-8-13-11(17)14-12(10(15)16)6-4-9(2)5-7-12/h3,9H,1,4-8H2,2H3,(H,15,16)(H2,13,14,17). The van der Waals surface area contributed by atoms with Crippen LogP contribution in [0.25, 0.3) is 0 Å². The summed E-state index contributed by atoms with van der Waals surface area (Å²) in [4.78, 5) is 22.9. The predicted molar refractivity (Wildman–Crippen MR) is 64.7 cm³/mol. The maximum Gasteiger partial charge on any atom is 0.329 e. The minimum absolute atomic E-state index is 0.331. The Hall–Kier alpha value is -1.52. The minimum atomic E-state index is -1.10. The molecule has 0 aromatic carbocycles. The summed E-state index contributed by atoms with van der Waals surface area (Å²) < 4.78 is 0. The average Bonchev–Trinajstić information content (AvgIpc) is 2.29. The molecule has 0 unspecified atom stereocenters. The van der Waals surface area contributed by atoms with E-state index in [2.05, 4.69) is 24.1 Å². The smallest absolute Gasteiger partial charge is 0.329 e. The van der Waals surface area contributed by atoms with Crippen molar-refractivity contribution in [1.82, 2.24) is 10.6 Å². The topological polar surface area (TPSA) is 78.4 Å². The summed E-state index contributed by atoms with van der Waals surface area (Å²) in [6.45, 7) is 5.92. The van der Waals surface area contributed by atoms with Gasteiger partial charge in [-0.1, -0.05) is 13.0 Å². The first-order chi connectivity index (χ1) is 8.00. The van der Waals surface area contributed by atoms with E-state index in [1.165, 1.54) is 0 Å². The molecule has 0 aromatic heterocycles. The predicted octanol–water partition coefficient (Wildman–Crippen LogP) is 1.51. The van der Waals surface area contributed by atoms with Crippen molar-refractivity contribution in [3.8, 4) is 0 Å². The van der Waals surface area contributed by atoms with E-state index in [1.54, 1.807) is 6.08 Å². The maximum absolute atomic E-state index is 11.5. The number of carboxylic acid groups (broad SMARTS) is 1. The lowest BCUT2D eigenvalue weighted by Crippen LogP contribution is -2.58. The van der Waals surface area contributed by atoms with Crippen molar-refractivity contribution < 1.29 is 14.7 Å². The van der Waals surface area contributed by atoms with Crippen LogP contribution in [-0.4, -0.2) is 29.2 Å². The van der Waals surface area contributed by atoms with E-state index >= 15 is 0 Å². The Morgan fingerprint density at radius 1 is 1.47 bits per heavy atom. The van der Waals surface area contributed by atoms with Crippen molar-refractivity contribution in [2.75, 3.05) is 6.54 Å². The monoisotopic (exact) mass is 240 g/mol. The molecule has 96 valence electrons. The molecule has 0 spiro atoms. The molecule has 1 aliphatic rings. The molecule has 1 saturated carbocycles. The van der Waals surface area contributed by atoms with Crippen LogP contribution in [0.1, 0.15) is 32.6 Å². The van der Waals surface area contributed by atoms with Gasteiger partial charge in [-0.2, -0.15) is 0 Å². The molecule has 0 aromatic rings. The van der Waals surface area contributed by atoms with Gasteiger partial charge in [0.15, 0.2) is 0 Å². The molecule has 5 nitrogen and oxygen atoms in total. The molecule has 2 amide bonds. The van der Waals surface area contributed by atoms with Crippen molar-refractivity contribution in [2.24, 2.45) is 5.92 Å². The molecule has 5 heteroatoms. The summed E-state index contributed by atoms with van der Waals surface area (Å²) in [5.41, 5.74) is -1.10. The van der Waals surface area contributed by atoms with Crippen LogP contribution in [0.5, 0.6) is 0 Å². The number of amides is 2. The Balaban J connectivity index is 2.63. The molecule has 0 aliphatic heterocycles. The van der Waals surface area contributed by atoms with Gasteiger partial charge < -0.3 is 15.7 Å². The highest BCUT2D eigenvalue weighted by molar-refractivity contribution is 5.86. The Bertz CT molecular complexity index is 307. The third-order valence-corrected chi connectivity index (χ3v) is 3.30. The van der Waals surface area contributed by atoms with Crippen molar-refractivity contribution in [1.29, 1.82) is 0 Å². The van der Waals surface area contributed by atoms with Crippen LogP contribution in [0.3, 0.4) is 0 Å².